The number of nitrogens with one attached hydrogen (secondary N) is 2. The van der Waals surface area contributed by atoms with Crippen molar-refractivity contribution in [2.24, 2.45) is 0 Å². The molecule has 8 heteroatoms. The molecule has 0 atom stereocenters. The fraction of sp³-hybridized carbons (Fsp3) is 0.857. The van der Waals surface area contributed by atoms with Crippen LogP contribution in [0.5, 0.6) is 0 Å². The maximum absolute atomic E-state index is 11.1. The van der Waals surface area contributed by atoms with E-state index in [0.717, 1.165) is 32.8 Å². The second-order valence-electron chi connectivity index (χ2n) is 3.20. The number of rotatable bonds is 4. The van der Waals surface area contributed by atoms with Crippen LogP contribution in [0.3, 0.4) is 0 Å². The largest absolute Gasteiger partial charge is 0.452 e. The van der Waals surface area contributed by atoms with Crippen molar-refractivity contribution in [1.29, 1.82) is 0 Å². The van der Waals surface area contributed by atoms with Gasteiger partial charge in [-0.05, 0) is 12.8 Å². The van der Waals surface area contributed by atoms with Gasteiger partial charge in [0.15, 0.2) is 0 Å². The third-order valence-electron chi connectivity index (χ3n) is 2.03. The Bertz CT molecular complexity index is 309. The molecular formula is C7H14N2O5S. The summed E-state index contributed by atoms with van der Waals surface area (Å²) in [5, 5.41) is 0. The van der Waals surface area contributed by atoms with Crippen LogP contribution < -0.4 is 9.61 Å². The molecule has 1 fully saturated rings. The van der Waals surface area contributed by atoms with Gasteiger partial charge in [-0.3, -0.25) is 4.84 Å². The highest BCUT2D eigenvalue weighted by Crippen LogP contribution is 2.19. The third-order valence-corrected chi connectivity index (χ3v) is 2.78. The predicted octanol–water partition coefficient (Wildman–Crippen LogP) is 0.0510. The molecule has 0 aliphatic heterocycles. The van der Waals surface area contributed by atoms with E-state index in [1.54, 1.807) is 4.72 Å². The highest BCUT2D eigenvalue weighted by atomic mass is 32.2. The fourth-order valence-corrected chi connectivity index (χ4v) is 1.92. The van der Waals surface area contributed by atoms with E-state index in [1.165, 1.54) is 0 Å². The van der Waals surface area contributed by atoms with Gasteiger partial charge < -0.3 is 4.74 Å². The maximum Gasteiger partial charge on any atom is 0.421 e. The molecule has 0 aromatic rings. The van der Waals surface area contributed by atoms with E-state index in [0.29, 0.717) is 0 Å². The first kappa shape index (κ1) is 12.2. The van der Waals surface area contributed by atoms with Crippen LogP contribution in [0, 0.1) is 0 Å². The molecule has 0 radical (unpaired) electrons. The van der Waals surface area contributed by atoms with E-state index in [9.17, 15) is 13.2 Å². The summed E-state index contributed by atoms with van der Waals surface area (Å²) >= 11 is 0. The first-order valence-corrected chi connectivity index (χ1v) is 6.05. The van der Waals surface area contributed by atoms with E-state index in [-0.39, 0.29) is 6.10 Å². The van der Waals surface area contributed by atoms with Crippen LogP contribution in [0.4, 0.5) is 4.79 Å². The number of methoxy groups -OCH3 is 1. The normalized spacial score (nSPS) is 17.7. The smallest absolute Gasteiger partial charge is 0.421 e. The van der Waals surface area contributed by atoms with Crippen LogP contribution in [-0.4, -0.2) is 27.7 Å². The van der Waals surface area contributed by atoms with Crippen molar-refractivity contribution in [1.82, 2.24) is 9.61 Å². The lowest BCUT2D eigenvalue weighted by atomic mass is 10.3. The maximum atomic E-state index is 11.1. The van der Waals surface area contributed by atoms with Gasteiger partial charge in [0.2, 0.25) is 0 Å². The van der Waals surface area contributed by atoms with Gasteiger partial charge in [0.1, 0.15) is 0 Å². The Balaban J connectivity index is 2.32. The summed E-state index contributed by atoms with van der Waals surface area (Å²) in [5.41, 5.74) is 0. The number of hydrogen-bond acceptors (Lipinski definition) is 5. The molecule has 1 aliphatic rings. The summed E-state index contributed by atoms with van der Waals surface area (Å²) in [7, 11) is -2.91. The minimum absolute atomic E-state index is 0.112. The summed E-state index contributed by atoms with van der Waals surface area (Å²) in [6.45, 7) is 0. The molecular weight excluding hydrogens is 224 g/mol. The summed E-state index contributed by atoms with van der Waals surface area (Å²) in [6.07, 6.45) is 2.52. The molecule has 1 amide bonds. The molecule has 1 aliphatic carbocycles. The monoisotopic (exact) mass is 238 g/mol. The van der Waals surface area contributed by atoms with Crippen LogP contribution in [0.1, 0.15) is 25.7 Å². The van der Waals surface area contributed by atoms with E-state index < -0.39 is 16.3 Å². The van der Waals surface area contributed by atoms with Crippen molar-refractivity contribution in [2.45, 2.75) is 31.8 Å². The Hall–Kier alpha value is -0.860. The average molecular weight is 238 g/mol. The zero-order valence-electron chi connectivity index (χ0n) is 8.36. The van der Waals surface area contributed by atoms with Crippen LogP contribution in [-0.2, 0) is 19.8 Å². The first-order valence-electron chi connectivity index (χ1n) is 4.56. The van der Waals surface area contributed by atoms with Crippen molar-refractivity contribution >= 4 is 16.3 Å². The van der Waals surface area contributed by atoms with E-state index in [4.69, 9.17) is 4.84 Å². The standard InChI is InChI=1S/C7H14N2O5S/c1-13-7(10)8-15(11,12)9-14-6-4-2-3-5-6/h6,9H,2-5H2,1H3,(H,8,10). The van der Waals surface area contributed by atoms with Crippen LogP contribution in [0.15, 0.2) is 0 Å². The van der Waals surface area contributed by atoms with Gasteiger partial charge >= 0.3 is 16.3 Å². The number of carbonyl (C=O) groups is 1. The molecule has 15 heavy (non-hydrogen) atoms. The zero-order chi connectivity index (χ0) is 11.3. The molecule has 0 bridgehead atoms. The summed E-state index contributed by atoms with van der Waals surface area (Å²) in [4.78, 5) is 17.3. The van der Waals surface area contributed by atoms with E-state index >= 15 is 0 Å². The lowest BCUT2D eigenvalue weighted by Crippen LogP contribution is -2.41. The average Bonchev–Trinajstić information content (AvgIpc) is 2.66. The summed E-state index contributed by atoms with van der Waals surface area (Å²) in [6, 6.07) is 0. The van der Waals surface area contributed by atoms with Gasteiger partial charge in [-0.25, -0.2) is 9.52 Å². The number of amides is 1. The Morgan fingerprint density at radius 2 is 1.93 bits per heavy atom. The number of hydrogen-bond donors (Lipinski definition) is 2. The lowest BCUT2D eigenvalue weighted by Gasteiger charge is -2.11. The lowest BCUT2D eigenvalue weighted by molar-refractivity contribution is 0.0216. The van der Waals surface area contributed by atoms with Crippen LogP contribution >= 0.6 is 0 Å². The van der Waals surface area contributed by atoms with Crippen LogP contribution in [0.2, 0.25) is 0 Å². The molecule has 0 unspecified atom stereocenters. The zero-order valence-corrected chi connectivity index (χ0v) is 9.17. The van der Waals surface area contributed by atoms with Gasteiger partial charge in [-0.15, -0.1) is 0 Å². The van der Waals surface area contributed by atoms with Gasteiger partial charge in [-0.2, -0.15) is 8.42 Å². The fourth-order valence-electron chi connectivity index (χ4n) is 1.31. The highest BCUT2D eigenvalue weighted by molar-refractivity contribution is 7.87. The Labute approximate surface area is 88.3 Å². The molecule has 88 valence electrons. The highest BCUT2D eigenvalue weighted by Gasteiger charge is 2.20. The van der Waals surface area contributed by atoms with Gasteiger partial charge in [0.05, 0.1) is 13.2 Å². The minimum atomic E-state index is -3.98. The van der Waals surface area contributed by atoms with Crippen molar-refractivity contribution in [3.63, 3.8) is 0 Å². The van der Waals surface area contributed by atoms with Gasteiger partial charge in [-0.1, -0.05) is 17.7 Å². The summed E-state index contributed by atoms with van der Waals surface area (Å²) in [5.74, 6) is 0. The SMILES string of the molecule is COC(=O)NS(=O)(=O)NOC1CCCC1. The van der Waals surface area contributed by atoms with E-state index in [1.807, 2.05) is 4.89 Å². The Morgan fingerprint density at radius 3 is 2.47 bits per heavy atom. The topological polar surface area (TPSA) is 93.7 Å². The van der Waals surface area contributed by atoms with Crippen molar-refractivity contribution in [2.75, 3.05) is 7.11 Å². The Morgan fingerprint density at radius 1 is 1.33 bits per heavy atom. The first-order chi connectivity index (χ1) is 7.03. The van der Waals surface area contributed by atoms with Crippen molar-refractivity contribution in [3.8, 4) is 0 Å². The van der Waals surface area contributed by atoms with Crippen molar-refractivity contribution in [3.05, 3.63) is 0 Å². The molecule has 0 saturated heterocycles. The van der Waals surface area contributed by atoms with Crippen LogP contribution in [0.25, 0.3) is 0 Å². The molecule has 7 nitrogen and oxygen atoms in total. The number of carbonyl (C=O) groups excluding carboxylic acids is 1. The molecule has 0 heterocycles. The molecule has 2 N–H and O–H groups in total. The van der Waals surface area contributed by atoms with E-state index in [2.05, 4.69) is 4.74 Å². The molecule has 0 spiro atoms. The van der Waals surface area contributed by atoms with Gasteiger partial charge in [0, 0.05) is 0 Å². The predicted molar refractivity (Wildman–Crippen MR) is 50.9 cm³/mol. The molecule has 1 rings (SSSR count). The Kier molecular flexibility index (Phi) is 4.30. The molecule has 0 aromatic carbocycles. The van der Waals surface area contributed by atoms with Crippen molar-refractivity contribution < 1.29 is 22.8 Å². The second-order valence-corrected chi connectivity index (χ2v) is 4.58. The third kappa shape index (κ3) is 4.45. The van der Waals surface area contributed by atoms with Gasteiger partial charge in [0.25, 0.3) is 0 Å². The quantitative estimate of drug-likeness (QED) is 0.675. The second kappa shape index (κ2) is 5.29. The number of ether oxygens (including phenoxy) is 1. The molecule has 0 aromatic heterocycles. The molecule has 1 saturated carbocycles. The summed E-state index contributed by atoms with van der Waals surface area (Å²) < 4.78 is 28.0. The minimum Gasteiger partial charge on any atom is -0.452 e.